The van der Waals surface area contributed by atoms with E-state index in [1.807, 2.05) is 13.8 Å². The van der Waals surface area contributed by atoms with E-state index < -0.39 is 11.9 Å². The molecule has 1 aliphatic rings. The van der Waals surface area contributed by atoms with Crippen LogP contribution in [0.2, 0.25) is 0 Å². The van der Waals surface area contributed by atoms with Crippen molar-refractivity contribution in [3.63, 3.8) is 0 Å². The normalized spacial score (nSPS) is 16.1. The maximum atomic E-state index is 12.8. The molecular weight excluding hydrogens is 392 g/mol. The third-order valence-electron chi connectivity index (χ3n) is 4.98. The van der Waals surface area contributed by atoms with Gasteiger partial charge in [0.25, 0.3) is 0 Å². The quantitative estimate of drug-likeness (QED) is 0.728. The third-order valence-corrected chi connectivity index (χ3v) is 6.10. The highest BCUT2D eigenvalue weighted by Gasteiger charge is 2.36. The average Bonchev–Trinajstić information content (AvgIpc) is 3.22. The van der Waals surface area contributed by atoms with Crippen molar-refractivity contribution in [3.05, 3.63) is 40.3 Å². The number of ether oxygens (including phenoxy) is 2. The van der Waals surface area contributed by atoms with Crippen LogP contribution < -0.4 is 15.0 Å². The number of nitrogens with zero attached hydrogens (tertiary/aromatic N) is 1. The Bertz CT molecular complexity index is 935. The fourth-order valence-corrected chi connectivity index (χ4v) is 4.32. The van der Waals surface area contributed by atoms with Crippen molar-refractivity contribution in [2.24, 2.45) is 5.92 Å². The van der Waals surface area contributed by atoms with Crippen molar-refractivity contribution in [1.29, 1.82) is 0 Å². The Labute approximate surface area is 173 Å². The van der Waals surface area contributed by atoms with Gasteiger partial charge in [-0.1, -0.05) is 0 Å². The van der Waals surface area contributed by atoms with Crippen LogP contribution >= 0.6 is 11.3 Å². The SMILES string of the molecule is CCOC(=O)c1c(NC(=O)[C@H]2CC(=O)N(c3ccc(OC)cc3)C2)sc(C)c1C. The molecule has 2 heterocycles. The number of esters is 1. The Morgan fingerprint density at radius 1 is 1.24 bits per heavy atom. The van der Waals surface area contributed by atoms with Crippen LogP contribution in [-0.2, 0) is 14.3 Å². The maximum Gasteiger partial charge on any atom is 0.341 e. The number of carbonyl (C=O) groups excluding carboxylic acids is 3. The second-order valence-corrected chi connectivity index (χ2v) is 8.03. The minimum absolute atomic E-state index is 0.112. The predicted molar refractivity (Wildman–Crippen MR) is 112 cm³/mol. The third kappa shape index (κ3) is 4.27. The first-order valence-electron chi connectivity index (χ1n) is 9.38. The minimum atomic E-state index is -0.498. The number of aryl methyl sites for hydroxylation is 1. The smallest absolute Gasteiger partial charge is 0.341 e. The Kier molecular flexibility index (Phi) is 6.22. The lowest BCUT2D eigenvalue weighted by atomic mass is 10.1. The molecule has 3 rings (SSSR count). The van der Waals surface area contributed by atoms with Crippen LogP contribution in [0.15, 0.2) is 24.3 Å². The molecule has 1 aromatic heterocycles. The molecule has 1 saturated heterocycles. The molecule has 0 bridgehead atoms. The zero-order valence-electron chi connectivity index (χ0n) is 16.9. The number of carbonyl (C=O) groups is 3. The molecule has 154 valence electrons. The van der Waals surface area contributed by atoms with Crippen molar-refractivity contribution in [3.8, 4) is 5.75 Å². The molecule has 1 fully saturated rings. The van der Waals surface area contributed by atoms with Gasteiger partial charge in [-0.25, -0.2) is 4.79 Å². The van der Waals surface area contributed by atoms with E-state index in [0.717, 1.165) is 16.1 Å². The molecule has 2 aromatic rings. The van der Waals surface area contributed by atoms with E-state index in [4.69, 9.17) is 9.47 Å². The van der Waals surface area contributed by atoms with Crippen LogP contribution in [0.4, 0.5) is 10.7 Å². The second-order valence-electron chi connectivity index (χ2n) is 6.80. The lowest BCUT2D eigenvalue weighted by Crippen LogP contribution is -2.28. The van der Waals surface area contributed by atoms with Crippen molar-refractivity contribution >= 4 is 39.8 Å². The van der Waals surface area contributed by atoms with Crippen LogP contribution in [0, 0.1) is 19.8 Å². The summed E-state index contributed by atoms with van der Waals surface area (Å²) < 4.78 is 10.3. The van der Waals surface area contributed by atoms with E-state index >= 15 is 0 Å². The highest BCUT2D eigenvalue weighted by Crippen LogP contribution is 2.34. The standard InChI is InChI=1S/C21H24N2O5S/c1-5-28-21(26)18-12(2)13(3)29-20(18)22-19(25)14-10-17(24)23(11-14)15-6-8-16(27-4)9-7-15/h6-9,14H,5,10-11H2,1-4H3,(H,22,25)/t14-/m0/s1. The van der Waals surface area contributed by atoms with Gasteiger partial charge in [-0.3, -0.25) is 9.59 Å². The highest BCUT2D eigenvalue weighted by molar-refractivity contribution is 7.16. The monoisotopic (exact) mass is 416 g/mol. The van der Waals surface area contributed by atoms with E-state index in [2.05, 4.69) is 5.32 Å². The number of nitrogens with one attached hydrogen (secondary N) is 1. The molecule has 7 nitrogen and oxygen atoms in total. The zero-order chi connectivity index (χ0) is 21.1. The first kappa shape index (κ1) is 20.9. The van der Waals surface area contributed by atoms with Gasteiger partial charge in [0.1, 0.15) is 10.8 Å². The van der Waals surface area contributed by atoms with E-state index in [9.17, 15) is 14.4 Å². The van der Waals surface area contributed by atoms with Crippen molar-refractivity contribution < 1.29 is 23.9 Å². The molecule has 1 N–H and O–H groups in total. The molecule has 0 radical (unpaired) electrons. The van der Waals surface area contributed by atoms with Gasteiger partial charge in [-0.05, 0) is 50.6 Å². The predicted octanol–water partition coefficient (Wildman–Crippen LogP) is 3.54. The molecule has 29 heavy (non-hydrogen) atoms. The molecule has 0 unspecified atom stereocenters. The van der Waals surface area contributed by atoms with E-state index in [1.165, 1.54) is 11.3 Å². The first-order chi connectivity index (χ1) is 13.8. The fourth-order valence-electron chi connectivity index (χ4n) is 3.27. The zero-order valence-corrected chi connectivity index (χ0v) is 17.7. The van der Waals surface area contributed by atoms with E-state index in [1.54, 1.807) is 43.2 Å². The summed E-state index contributed by atoms with van der Waals surface area (Å²) in [5, 5.41) is 3.32. The van der Waals surface area contributed by atoms with E-state index in [0.29, 0.717) is 16.3 Å². The van der Waals surface area contributed by atoms with Gasteiger partial charge in [0.15, 0.2) is 0 Å². The number of hydrogen-bond donors (Lipinski definition) is 1. The number of rotatable bonds is 6. The van der Waals surface area contributed by atoms with Crippen LogP contribution in [0.1, 0.15) is 34.1 Å². The Hall–Kier alpha value is -2.87. The summed E-state index contributed by atoms with van der Waals surface area (Å²) in [5.41, 5.74) is 1.91. The summed E-state index contributed by atoms with van der Waals surface area (Å²) >= 11 is 1.34. The number of anilines is 2. The molecular formula is C21H24N2O5S. The van der Waals surface area contributed by atoms with Gasteiger partial charge in [0.2, 0.25) is 11.8 Å². The minimum Gasteiger partial charge on any atom is -0.497 e. The maximum absolute atomic E-state index is 12.8. The molecule has 1 aromatic carbocycles. The lowest BCUT2D eigenvalue weighted by molar-refractivity contribution is -0.122. The molecule has 0 spiro atoms. The number of methoxy groups -OCH3 is 1. The van der Waals surface area contributed by atoms with Crippen molar-refractivity contribution in [2.45, 2.75) is 27.2 Å². The summed E-state index contributed by atoms with van der Waals surface area (Å²) in [4.78, 5) is 40.1. The van der Waals surface area contributed by atoms with Gasteiger partial charge in [-0.15, -0.1) is 11.3 Å². The van der Waals surface area contributed by atoms with Crippen LogP contribution in [0.25, 0.3) is 0 Å². The average molecular weight is 416 g/mol. The molecule has 1 aliphatic heterocycles. The number of hydrogen-bond acceptors (Lipinski definition) is 6. The van der Waals surface area contributed by atoms with Crippen molar-refractivity contribution in [2.75, 3.05) is 30.5 Å². The first-order valence-corrected chi connectivity index (χ1v) is 10.2. The van der Waals surface area contributed by atoms with Crippen LogP contribution in [-0.4, -0.2) is 38.0 Å². The lowest BCUT2D eigenvalue weighted by Gasteiger charge is -2.17. The summed E-state index contributed by atoms with van der Waals surface area (Å²) in [6.45, 7) is 6.01. The largest absolute Gasteiger partial charge is 0.497 e. The van der Waals surface area contributed by atoms with E-state index in [-0.39, 0.29) is 31.4 Å². The number of benzene rings is 1. The molecule has 2 amide bonds. The van der Waals surface area contributed by atoms with Gasteiger partial charge in [0, 0.05) is 23.5 Å². The summed E-state index contributed by atoms with van der Waals surface area (Å²) in [7, 11) is 1.58. The van der Waals surface area contributed by atoms with Crippen LogP contribution in [0.5, 0.6) is 5.75 Å². The Morgan fingerprint density at radius 2 is 1.93 bits per heavy atom. The number of thiophene rings is 1. The van der Waals surface area contributed by atoms with Crippen LogP contribution in [0.3, 0.4) is 0 Å². The van der Waals surface area contributed by atoms with Crippen molar-refractivity contribution in [1.82, 2.24) is 0 Å². The van der Waals surface area contributed by atoms with Gasteiger partial charge < -0.3 is 19.7 Å². The fraction of sp³-hybridized carbons (Fsp3) is 0.381. The van der Waals surface area contributed by atoms with Gasteiger partial charge in [0.05, 0.1) is 25.2 Å². The molecule has 0 aliphatic carbocycles. The molecule has 8 heteroatoms. The summed E-state index contributed by atoms with van der Waals surface area (Å²) in [6.07, 6.45) is 0.121. The second kappa shape index (κ2) is 8.65. The topological polar surface area (TPSA) is 84.9 Å². The molecule has 0 saturated carbocycles. The van der Waals surface area contributed by atoms with Gasteiger partial charge >= 0.3 is 5.97 Å². The number of amides is 2. The Balaban J connectivity index is 1.74. The highest BCUT2D eigenvalue weighted by atomic mass is 32.1. The Morgan fingerprint density at radius 3 is 2.55 bits per heavy atom. The molecule has 1 atom stereocenters. The van der Waals surface area contributed by atoms with Gasteiger partial charge in [-0.2, -0.15) is 0 Å². The summed E-state index contributed by atoms with van der Waals surface area (Å²) in [6, 6.07) is 7.14. The summed E-state index contributed by atoms with van der Waals surface area (Å²) in [5.74, 6) is -0.639.